The minimum absolute atomic E-state index is 0.155. The Morgan fingerprint density at radius 1 is 1.24 bits per heavy atom. The Balaban J connectivity index is 1.42. The highest BCUT2D eigenvalue weighted by molar-refractivity contribution is 5.97. The largest absolute Gasteiger partial charge is 0.364 e. The highest BCUT2D eigenvalue weighted by atomic mass is 19.1. The molecule has 0 aromatic carbocycles. The maximum Gasteiger partial charge on any atom is 0.266 e. The lowest BCUT2D eigenvalue weighted by Crippen LogP contribution is -2.40. The molecule has 1 aliphatic heterocycles. The number of carbonyl (C=O) groups is 2. The first-order chi connectivity index (χ1) is 16.0. The van der Waals surface area contributed by atoms with Crippen molar-refractivity contribution in [2.75, 3.05) is 22.1 Å². The summed E-state index contributed by atoms with van der Waals surface area (Å²) in [7, 11) is 0. The Bertz CT molecular complexity index is 1330. The van der Waals surface area contributed by atoms with Gasteiger partial charge in [0.2, 0.25) is 23.8 Å². The van der Waals surface area contributed by atoms with E-state index in [2.05, 4.69) is 35.8 Å². The van der Waals surface area contributed by atoms with Crippen LogP contribution in [0.5, 0.6) is 0 Å². The van der Waals surface area contributed by atoms with E-state index < -0.39 is 17.9 Å². The molecule has 12 nitrogen and oxygen atoms in total. The van der Waals surface area contributed by atoms with Crippen molar-refractivity contribution < 1.29 is 14.0 Å². The number of nitrogens with zero attached hydrogens (tertiary/aromatic N) is 6. The van der Waals surface area contributed by atoms with Crippen molar-refractivity contribution in [3.05, 3.63) is 54.4 Å². The highest BCUT2D eigenvalue weighted by Crippen LogP contribution is 2.26. The van der Waals surface area contributed by atoms with Crippen molar-refractivity contribution in [1.82, 2.24) is 29.5 Å². The van der Waals surface area contributed by atoms with Gasteiger partial charge in [0.05, 0.1) is 11.9 Å². The third-order valence-corrected chi connectivity index (χ3v) is 5.27. The lowest BCUT2D eigenvalue weighted by atomic mass is 10.2. The number of fused-ring (bicyclic) bond motifs is 1. The number of carbonyl (C=O) groups excluding carboxylic acids is 2. The van der Waals surface area contributed by atoms with E-state index in [9.17, 15) is 14.0 Å². The standard InChI is InChI=1S/C20H19FN10O2/c21-14-6-5-11(10-23-14)24-18(33)13-3-1-7-30(13)20-26-16-4-2-8-31(16)19(27-20)25-15-9-12(17(22)32)28-29-15/h2,4-6,8-10,13H,1,3,7H2,(H2,22,32)(H,24,33)(H2,25,26,27,28,29). The van der Waals surface area contributed by atoms with E-state index in [1.807, 2.05) is 17.0 Å². The number of primary amides is 1. The van der Waals surface area contributed by atoms with Crippen molar-refractivity contribution in [3.8, 4) is 0 Å². The second-order valence-electron chi connectivity index (χ2n) is 7.45. The molecule has 5 N–H and O–H groups in total. The molecular weight excluding hydrogens is 431 g/mol. The van der Waals surface area contributed by atoms with Crippen LogP contribution in [0.25, 0.3) is 5.65 Å². The highest BCUT2D eigenvalue weighted by Gasteiger charge is 2.33. The zero-order chi connectivity index (χ0) is 22.9. The zero-order valence-electron chi connectivity index (χ0n) is 17.2. The molecule has 5 heterocycles. The summed E-state index contributed by atoms with van der Waals surface area (Å²) >= 11 is 0. The van der Waals surface area contributed by atoms with E-state index in [0.29, 0.717) is 42.0 Å². The number of nitrogens with two attached hydrogens (primary N) is 1. The number of halogens is 1. The quantitative estimate of drug-likeness (QED) is 0.321. The summed E-state index contributed by atoms with van der Waals surface area (Å²) in [6, 6.07) is 7.23. The number of amides is 2. The van der Waals surface area contributed by atoms with Gasteiger partial charge in [-0.25, -0.2) is 4.98 Å². The van der Waals surface area contributed by atoms with E-state index in [1.165, 1.54) is 24.4 Å². The second kappa shape index (κ2) is 8.18. The van der Waals surface area contributed by atoms with Gasteiger partial charge in [0, 0.05) is 18.8 Å². The van der Waals surface area contributed by atoms with E-state index in [-0.39, 0.29) is 11.6 Å². The molecule has 0 spiro atoms. The normalized spacial score (nSPS) is 15.7. The molecule has 0 aliphatic carbocycles. The summed E-state index contributed by atoms with van der Waals surface area (Å²) in [6.07, 6.45) is 4.43. The molecule has 4 aromatic rings. The lowest BCUT2D eigenvalue weighted by molar-refractivity contribution is -0.117. The topological polar surface area (TPSA) is 159 Å². The van der Waals surface area contributed by atoms with Crippen molar-refractivity contribution in [1.29, 1.82) is 0 Å². The third-order valence-electron chi connectivity index (χ3n) is 5.27. The van der Waals surface area contributed by atoms with E-state index >= 15 is 0 Å². The zero-order valence-corrected chi connectivity index (χ0v) is 17.2. The molecule has 1 unspecified atom stereocenters. The number of aromatic amines is 1. The Morgan fingerprint density at radius 3 is 2.88 bits per heavy atom. The Labute approximate surface area is 186 Å². The summed E-state index contributed by atoms with van der Waals surface area (Å²) < 4.78 is 14.8. The Kier molecular flexibility index (Phi) is 5.05. The molecule has 1 atom stereocenters. The molecule has 1 fully saturated rings. The summed E-state index contributed by atoms with van der Waals surface area (Å²) in [4.78, 5) is 38.9. The Hall–Kier alpha value is -4.55. The molecule has 0 radical (unpaired) electrons. The second-order valence-corrected chi connectivity index (χ2v) is 7.45. The van der Waals surface area contributed by atoms with Crippen LogP contribution in [0, 0.1) is 5.95 Å². The van der Waals surface area contributed by atoms with Gasteiger partial charge in [-0.1, -0.05) is 0 Å². The molecule has 2 amide bonds. The first kappa shape index (κ1) is 20.4. The summed E-state index contributed by atoms with van der Waals surface area (Å²) in [5, 5.41) is 12.4. The van der Waals surface area contributed by atoms with Crippen LogP contribution >= 0.6 is 0 Å². The first-order valence-corrected chi connectivity index (χ1v) is 10.1. The molecular formula is C20H19FN10O2. The van der Waals surface area contributed by atoms with E-state index in [0.717, 1.165) is 6.42 Å². The number of aromatic nitrogens is 6. The van der Waals surface area contributed by atoms with Gasteiger partial charge in [-0.05, 0) is 37.1 Å². The predicted octanol–water partition coefficient (Wildman–Crippen LogP) is 1.44. The Morgan fingerprint density at radius 2 is 2.12 bits per heavy atom. The van der Waals surface area contributed by atoms with Crippen LogP contribution in [0.15, 0.2) is 42.7 Å². The van der Waals surface area contributed by atoms with Crippen LogP contribution < -0.4 is 21.3 Å². The molecule has 4 aromatic heterocycles. The molecule has 0 bridgehead atoms. The molecule has 1 saturated heterocycles. The van der Waals surface area contributed by atoms with Gasteiger partial charge in [0.15, 0.2) is 5.82 Å². The number of anilines is 4. The van der Waals surface area contributed by atoms with Crippen molar-refractivity contribution in [3.63, 3.8) is 0 Å². The van der Waals surface area contributed by atoms with Crippen molar-refractivity contribution in [2.24, 2.45) is 5.73 Å². The fraction of sp³-hybridized carbons (Fsp3) is 0.200. The van der Waals surface area contributed by atoms with Crippen LogP contribution in [-0.4, -0.2) is 54.0 Å². The molecule has 5 rings (SSSR count). The number of hydrogen-bond donors (Lipinski definition) is 4. The van der Waals surface area contributed by atoms with Gasteiger partial charge in [0.25, 0.3) is 5.91 Å². The predicted molar refractivity (Wildman–Crippen MR) is 117 cm³/mol. The van der Waals surface area contributed by atoms with Crippen LogP contribution in [0.4, 0.5) is 27.8 Å². The van der Waals surface area contributed by atoms with Crippen LogP contribution in [0.1, 0.15) is 23.3 Å². The number of nitrogens with one attached hydrogen (secondary N) is 3. The van der Waals surface area contributed by atoms with Crippen LogP contribution in [0.2, 0.25) is 0 Å². The van der Waals surface area contributed by atoms with Gasteiger partial charge < -0.3 is 21.3 Å². The number of hydrogen-bond acceptors (Lipinski definition) is 8. The van der Waals surface area contributed by atoms with Gasteiger partial charge in [0.1, 0.15) is 17.4 Å². The summed E-state index contributed by atoms with van der Waals surface area (Å²) in [6.45, 7) is 0.588. The lowest BCUT2D eigenvalue weighted by Gasteiger charge is -2.24. The van der Waals surface area contributed by atoms with Gasteiger partial charge in [-0.3, -0.25) is 19.1 Å². The SMILES string of the molecule is NC(=O)c1cc(Nc2nc(N3CCCC3C(=O)Nc3ccc(F)nc3)nc3cccn23)n[nH]1. The molecule has 1 aliphatic rings. The van der Waals surface area contributed by atoms with Crippen LogP contribution in [-0.2, 0) is 4.79 Å². The average molecular weight is 450 g/mol. The molecule has 0 saturated carbocycles. The number of rotatable bonds is 6. The fourth-order valence-corrected chi connectivity index (χ4v) is 3.72. The average Bonchev–Trinajstić information content (AvgIpc) is 3.55. The molecule has 13 heteroatoms. The fourth-order valence-electron chi connectivity index (χ4n) is 3.72. The third kappa shape index (κ3) is 4.03. The van der Waals surface area contributed by atoms with Gasteiger partial charge >= 0.3 is 0 Å². The smallest absolute Gasteiger partial charge is 0.266 e. The van der Waals surface area contributed by atoms with Crippen LogP contribution in [0.3, 0.4) is 0 Å². The number of H-pyrrole nitrogens is 1. The maximum atomic E-state index is 13.1. The maximum absolute atomic E-state index is 13.1. The molecule has 168 valence electrons. The van der Waals surface area contributed by atoms with E-state index in [4.69, 9.17) is 5.73 Å². The van der Waals surface area contributed by atoms with Crippen molar-refractivity contribution in [2.45, 2.75) is 18.9 Å². The van der Waals surface area contributed by atoms with Gasteiger partial charge in [-0.15, -0.1) is 0 Å². The number of pyridine rings is 1. The first-order valence-electron chi connectivity index (χ1n) is 10.1. The van der Waals surface area contributed by atoms with Crippen molar-refractivity contribution >= 4 is 40.9 Å². The minimum Gasteiger partial charge on any atom is -0.364 e. The summed E-state index contributed by atoms with van der Waals surface area (Å²) in [5.74, 6) is -0.396. The summed E-state index contributed by atoms with van der Waals surface area (Å²) in [5.41, 5.74) is 6.44. The monoisotopic (exact) mass is 450 g/mol. The molecule has 33 heavy (non-hydrogen) atoms. The minimum atomic E-state index is -0.632. The van der Waals surface area contributed by atoms with Gasteiger partial charge in [-0.2, -0.15) is 19.5 Å². The van der Waals surface area contributed by atoms with E-state index in [1.54, 1.807) is 10.6 Å².